The van der Waals surface area contributed by atoms with Gasteiger partial charge in [0.15, 0.2) is 0 Å². The van der Waals surface area contributed by atoms with Crippen molar-refractivity contribution in [1.82, 2.24) is 10.1 Å². The monoisotopic (exact) mass is 223 g/mol. The highest BCUT2D eigenvalue weighted by Gasteiger charge is 2.07. The molecule has 0 atom stereocenters. The molecule has 1 aromatic carbocycles. The average molecular weight is 224 g/mol. The third-order valence-corrected chi connectivity index (χ3v) is 2.16. The number of hydrogen-bond donors (Lipinski definition) is 0. The lowest BCUT2D eigenvalue weighted by Crippen LogP contribution is -2.08. The van der Waals surface area contributed by atoms with E-state index in [0.29, 0.717) is 5.89 Å². The number of benzene rings is 1. The van der Waals surface area contributed by atoms with Crippen molar-refractivity contribution in [2.45, 2.75) is 0 Å². The summed E-state index contributed by atoms with van der Waals surface area (Å²) in [5.41, 5.74) is 1.93. The van der Waals surface area contributed by atoms with E-state index in [9.17, 15) is 0 Å². The summed E-state index contributed by atoms with van der Waals surface area (Å²) < 4.78 is 4.97. The molecule has 0 radical (unpaired) electrons. The molecule has 78 valence electrons. The van der Waals surface area contributed by atoms with Crippen molar-refractivity contribution in [3.63, 3.8) is 0 Å². The minimum atomic E-state index is 0.125. The van der Waals surface area contributed by atoms with Crippen LogP contribution in [0.1, 0.15) is 0 Å². The van der Waals surface area contributed by atoms with Crippen molar-refractivity contribution >= 4 is 17.3 Å². The molecule has 0 spiro atoms. The Morgan fingerprint density at radius 3 is 2.73 bits per heavy atom. The van der Waals surface area contributed by atoms with Crippen LogP contribution in [0.3, 0.4) is 0 Å². The van der Waals surface area contributed by atoms with Crippen LogP contribution >= 0.6 is 11.6 Å². The Bertz CT molecular complexity index is 467. The van der Waals surface area contributed by atoms with E-state index in [2.05, 4.69) is 10.1 Å². The Kier molecular flexibility index (Phi) is 2.60. The highest BCUT2D eigenvalue weighted by molar-refractivity contribution is 6.28. The zero-order chi connectivity index (χ0) is 10.8. The van der Waals surface area contributed by atoms with Crippen LogP contribution in [0.4, 0.5) is 5.69 Å². The Morgan fingerprint density at radius 1 is 1.33 bits per heavy atom. The molecule has 5 heteroatoms. The maximum absolute atomic E-state index is 5.59. The van der Waals surface area contributed by atoms with Crippen molar-refractivity contribution in [2.24, 2.45) is 0 Å². The van der Waals surface area contributed by atoms with E-state index < -0.39 is 0 Å². The number of nitrogens with zero attached hydrogens (tertiary/aromatic N) is 3. The van der Waals surface area contributed by atoms with E-state index in [1.807, 2.05) is 43.3 Å². The van der Waals surface area contributed by atoms with Crippen LogP contribution in [0.25, 0.3) is 11.5 Å². The second kappa shape index (κ2) is 3.90. The molecule has 0 saturated carbocycles. The second-order valence-corrected chi connectivity index (χ2v) is 3.65. The maximum Gasteiger partial charge on any atom is 0.264 e. The molecular formula is C10H10ClN3O. The third kappa shape index (κ3) is 2.10. The van der Waals surface area contributed by atoms with Gasteiger partial charge in [0.05, 0.1) is 0 Å². The molecule has 0 amide bonds. The van der Waals surface area contributed by atoms with Gasteiger partial charge in [0.2, 0.25) is 0 Å². The lowest BCUT2D eigenvalue weighted by molar-refractivity contribution is 0.430. The van der Waals surface area contributed by atoms with Crippen LogP contribution in [0.2, 0.25) is 5.28 Å². The van der Waals surface area contributed by atoms with Crippen molar-refractivity contribution in [2.75, 3.05) is 19.0 Å². The summed E-state index contributed by atoms with van der Waals surface area (Å²) in [6.07, 6.45) is 0. The summed E-state index contributed by atoms with van der Waals surface area (Å²) in [6, 6.07) is 7.80. The fourth-order valence-corrected chi connectivity index (χ4v) is 1.35. The van der Waals surface area contributed by atoms with E-state index in [-0.39, 0.29) is 5.28 Å². The van der Waals surface area contributed by atoms with Crippen LogP contribution in [-0.4, -0.2) is 24.2 Å². The minimum Gasteiger partial charge on any atom is -0.378 e. The fraction of sp³-hybridized carbons (Fsp3) is 0.200. The molecule has 4 nitrogen and oxygen atoms in total. The molecule has 2 rings (SSSR count). The van der Waals surface area contributed by atoms with Crippen molar-refractivity contribution in [3.05, 3.63) is 29.5 Å². The molecule has 0 aliphatic heterocycles. The Labute approximate surface area is 92.5 Å². The molecule has 0 aliphatic rings. The van der Waals surface area contributed by atoms with Gasteiger partial charge in [0, 0.05) is 25.3 Å². The number of anilines is 1. The Hall–Kier alpha value is -1.55. The first kappa shape index (κ1) is 9.98. The molecule has 0 unspecified atom stereocenters. The molecular weight excluding hydrogens is 214 g/mol. The zero-order valence-corrected chi connectivity index (χ0v) is 9.19. The summed E-state index contributed by atoms with van der Waals surface area (Å²) in [7, 11) is 3.94. The smallest absolute Gasteiger partial charge is 0.264 e. The fourth-order valence-electron chi connectivity index (χ4n) is 1.24. The van der Waals surface area contributed by atoms with Crippen LogP contribution in [0.15, 0.2) is 28.8 Å². The number of halogens is 1. The molecule has 0 bridgehead atoms. The highest BCUT2D eigenvalue weighted by atomic mass is 35.5. The van der Waals surface area contributed by atoms with Gasteiger partial charge in [0.25, 0.3) is 11.2 Å². The van der Waals surface area contributed by atoms with E-state index in [1.54, 1.807) is 0 Å². The van der Waals surface area contributed by atoms with Crippen molar-refractivity contribution in [1.29, 1.82) is 0 Å². The maximum atomic E-state index is 5.59. The largest absolute Gasteiger partial charge is 0.378 e. The zero-order valence-electron chi connectivity index (χ0n) is 8.44. The van der Waals surface area contributed by atoms with Crippen LogP contribution in [0.5, 0.6) is 0 Å². The van der Waals surface area contributed by atoms with Crippen LogP contribution in [0, 0.1) is 0 Å². The molecule has 0 saturated heterocycles. The van der Waals surface area contributed by atoms with Crippen LogP contribution in [-0.2, 0) is 0 Å². The van der Waals surface area contributed by atoms with E-state index in [4.69, 9.17) is 16.1 Å². The predicted octanol–water partition coefficient (Wildman–Crippen LogP) is 2.46. The van der Waals surface area contributed by atoms with E-state index in [1.165, 1.54) is 0 Å². The Balaban J connectivity index is 2.41. The quantitative estimate of drug-likeness (QED) is 0.784. The van der Waals surface area contributed by atoms with Gasteiger partial charge in [-0.1, -0.05) is 6.07 Å². The lowest BCUT2D eigenvalue weighted by Gasteiger charge is -2.12. The molecule has 1 heterocycles. The molecule has 1 aromatic heterocycles. The van der Waals surface area contributed by atoms with Gasteiger partial charge in [-0.3, -0.25) is 0 Å². The number of rotatable bonds is 2. The predicted molar refractivity (Wildman–Crippen MR) is 59.1 cm³/mol. The van der Waals surface area contributed by atoms with Gasteiger partial charge in [-0.2, -0.15) is 4.98 Å². The molecule has 15 heavy (non-hydrogen) atoms. The summed E-state index contributed by atoms with van der Waals surface area (Å²) >= 11 is 5.59. The van der Waals surface area contributed by atoms with Crippen LogP contribution < -0.4 is 4.90 Å². The first-order chi connectivity index (χ1) is 7.16. The summed E-state index contributed by atoms with van der Waals surface area (Å²) in [5.74, 6) is 0.434. The van der Waals surface area contributed by atoms with Gasteiger partial charge in [0.1, 0.15) is 0 Å². The summed E-state index contributed by atoms with van der Waals surface area (Å²) in [4.78, 5) is 5.95. The highest BCUT2D eigenvalue weighted by Crippen LogP contribution is 2.22. The molecule has 0 aliphatic carbocycles. The molecule has 2 aromatic rings. The number of hydrogen-bond acceptors (Lipinski definition) is 4. The van der Waals surface area contributed by atoms with Gasteiger partial charge < -0.3 is 9.42 Å². The van der Waals surface area contributed by atoms with E-state index >= 15 is 0 Å². The normalized spacial score (nSPS) is 10.3. The van der Waals surface area contributed by atoms with Crippen molar-refractivity contribution < 1.29 is 4.52 Å². The standard InChI is InChI=1S/C10H10ClN3O/c1-14(2)8-5-3-4-7(6-8)9-12-10(11)13-15-9/h3-6H,1-2H3. The number of aromatic nitrogens is 2. The SMILES string of the molecule is CN(C)c1cccc(-c2nc(Cl)no2)c1. The summed E-state index contributed by atoms with van der Waals surface area (Å²) in [5, 5.41) is 3.66. The topological polar surface area (TPSA) is 42.2 Å². The Morgan fingerprint density at radius 2 is 2.13 bits per heavy atom. The summed E-state index contributed by atoms with van der Waals surface area (Å²) in [6.45, 7) is 0. The second-order valence-electron chi connectivity index (χ2n) is 3.31. The van der Waals surface area contributed by atoms with Gasteiger partial charge in [-0.05, 0) is 35.0 Å². The molecule has 0 N–H and O–H groups in total. The van der Waals surface area contributed by atoms with Gasteiger partial charge in [-0.25, -0.2) is 0 Å². The van der Waals surface area contributed by atoms with Gasteiger partial charge >= 0.3 is 0 Å². The average Bonchev–Trinajstić information content (AvgIpc) is 2.65. The van der Waals surface area contributed by atoms with Crippen molar-refractivity contribution in [3.8, 4) is 11.5 Å². The first-order valence-corrected chi connectivity index (χ1v) is 4.81. The third-order valence-electron chi connectivity index (χ3n) is 2.01. The lowest BCUT2D eigenvalue weighted by atomic mass is 10.2. The first-order valence-electron chi connectivity index (χ1n) is 4.44. The minimum absolute atomic E-state index is 0.125. The molecule has 0 fully saturated rings. The van der Waals surface area contributed by atoms with E-state index in [0.717, 1.165) is 11.3 Å². The van der Waals surface area contributed by atoms with Gasteiger partial charge in [-0.15, -0.1) is 0 Å².